The van der Waals surface area contributed by atoms with Crippen LogP contribution in [0.25, 0.3) is 10.9 Å². The Bertz CT molecular complexity index is 1100. The van der Waals surface area contributed by atoms with Gasteiger partial charge in [0.15, 0.2) is 18.1 Å². The third kappa shape index (κ3) is 5.57. The highest BCUT2D eigenvalue weighted by Crippen LogP contribution is 2.26. The van der Waals surface area contributed by atoms with Gasteiger partial charge < -0.3 is 14.5 Å². The molecule has 0 spiro atoms. The lowest BCUT2D eigenvalue weighted by atomic mass is 10.2. The summed E-state index contributed by atoms with van der Waals surface area (Å²) < 4.78 is 10.8. The van der Waals surface area contributed by atoms with Crippen molar-refractivity contribution in [3.8, 4) is 11.5 Å². The quantitative estimate of drug-likeness (QED) is 0.484. The van der Waals surface area contributed by atoms with Crippen LogP contribution < -0.4 is 25.9 Å². The van der Waals surface area contributed by atoms with E-state index in [2.05, 4.69) is 20.8 Å². The summed E-state index contributed by atoms with van der Waals surface area (Å²) in [6, 6.07) is 14.0. The number of benzene rings is 2. The number of para-hydroxylation sites is 3. The Balaban J connectivity index is 1.45. The third-order valence-corrected chi connectivity index (χ3v) is 4.10. The maximum absolute atomic E-state index is 12.0. The summed E-state index contributed by atoms with van der Waals surface area (Å²) in [5.41, 5.74) is 4.90. The van der Waals surface area contributed by atoms with Gasteiger partial charge in [-0.3, -0.25) is 25.2 Å². The van der Waals surface area contributed by atoms with E-state index in [0.29, 0.717) is 34.8 Å². The highest BCUT2D eigenvalue weighted by Gasteiger charge is 2.10. The van der Waals surface area contributed by atoms with E-state index >= 15 is 0 Å². The van der Waals surface area contributed by atoms with E-state index in [1.54, 1.807) is 48.5 Å². The molecule has 1 aromatic heterocycles. The van der Waals surface area contributed by atoms with Crippen LogP contribution in [0.4, 0.5) is 0 Å². The molecular formula is C21H22N4O5. The van der Waals surface area contributed by atoms with Crippen molar-refractivity contribution in [1.82, 2.24) is 20.8 Å². The Hall–Kier alpha value is -3.88. The number of nitrogens with zero attached hydrogens (tertiary/aromatic N) is 1. The SMILES string of the molecule is CCOc1ccccc1OCC(=O)NNC(=O)CCc1nc2ccccc2c(=O)[nH]1. The number of fused-ring (bicyclic) bond motifs is 1. The monoisotopic (exact) mass is 410 g/mol. The van der Waals surface area contributed by atoms with E-state index in [-0.39, 0.29) is 25.0 Å². The number of hydrazine groups is 1. The molecule has 0 atom stereocenters. The Labute approximate surface area is 172 Å². The Morgan fingerprint density at radius 3 is 2.40 bits per heavy atom. The molecule has 0 aliphatic rings. The molecule has 2 amide bonds. The van der Waals surface area contributed by atoms with Crippen LogP contribution in [0.2, 0.25) is 0 Å². The van der Waals surface area contributed by atoms with Crippen molar-refractivity contribution in [2.45, 2.75) is 19.8 Å². The number of aryl methyl sites for hydroxylation is 1. The number of hydrogen-bond acceptors (Lipinski definition) is 6. The van der Waals surface area contributed by atoms with Crippen molar-refractivity contribution in [1.29, 1.82) is 0 Å². The van der Waals surface area contributed by atoms with E-state index in [0.717, 1.165) is 0 Å². The molecule has 3 N–H and O–H groups in total. The van der Waals surface area contributed by atoms with Crippen LogP contribution in [-0.2, 0) is 16.0 Å². The zero-order valence-electron chi connectivity index (χ0n) is 16.4. The number of ether oxygens (including phenoxy) is 2. The van der Waals surface area contributed by atoms with Gasteiger partial charge in [-0.15, -0.1) is 0 Å². The number of carbonyl (C=O) groups excluding carboxylic acids is 2. The predicted molar refractivity (Wildman–Crippen MR) is 110 cm³/mol. The van der Waals surface area contributed by atoms with Crippen LogP contribution >= 0.6 is 0 Å². The molecule has 9 nitrogen and oxygen atoms in total. The summed E-state index contributed by atoms with van der Waals surface area (Å²) in [4.78, 5) is 42.9. The summed E-state index contributed by atoms with van der Waals surface area (Å²) in [6.07, 6.45) is 0.260. The standard InChI is InChI=1S/C21H22N4O5/c1-2-29-16-9-5-6-10-17(16)30-13-20(27)25-24-19(26)12-11-18-22-15-8-4-3-7-14(15)21(28)23-18/h3-10H,2,11-13H2,1H3,(H,24,26)(H,25,27)(H,22,23,28). The largest absolute Gasteiger partial charge is 0.490 e. The maximum Gasteiger partial charge on any atom is 0.276 e. The molecule has 156 valence electrons. The maximum atomic E-state index is 12.0. The van der Waals surface area contributed by atoms with E-state index in [1.165, 1.54) is 0 Å². The highest BCUT2D eigenvalue weighted by molar-refractivity contribution is 5.83. The number of nitrogens with one attached hydrogen (secondary N) is 3. The number of carbonyl (C=O) groups is 2. The van der Waals surface area contributed by atoms with Crippen molar-refractivity contribution < 1.29 is 19.1 Å². The second kappa shape index (κ2) is 10.1. The van der Waals surface area contributed by atoms with Gasteiger partial charge in [-0.05, 0) is 31.2 Å². The Morgan fingerprint density at radius 1 is 0.967 bits per heavy atom. The third-order valence-electron chi connectivity index (χ3n) is 4.10. The smallest absolute Gasteiger partial charge is 0.276 e. The number of rotatable bonds is 8. The average molecular weight is 410 g/mol. The summed E-state index contributed by atoms with van der Waals surface area (Å²) in [5, 5.41) is 0.490. The molecule has 9 heteroatoms. The molecule has 2 aromatic carbocycles. The minimum atomic E-state index is -0.521. The van der Waals surface area contributed by atoms with Crippen LogP contribution in [0.1, 0.15) is 19.2 Å². The Kier molecular flexibility index (Phi) is 6.99. The molecule has 0 aliphatic carbocycles. The molecule has 0 saturated carbocycles. The van der Waals surface area contributed by atoms with Gasteiger partial charge in [-0.2, -0.15) is 0 Å². The minimum Gasteiger partial charge on any atom is -0.490 e. The van der Waals surface area contributed by atoms with Gasteiger partial charge in [0.1, 0.15) is 5.82 Å². The van der Waals surface area contributed by atoms with Gasteiger partial charge >= 0.3 is 0 Å². The summed E-state index contributed by atoms with van der Waals surface area (Å²) in [6.45, 7) is 2.03. The molecule has 3 aromatic rings. The zero-order chi connectivity index (χ0) is 21.3. The lowest BCUT2D eigenvalue weighted by Gasteiger charge is -2.12. The minimum absolute atomic E-state index is 0.0373. The number of aromatic nitrogens is 2. The second-order valence-corrected chi connectivity index (χ2v) is 6.29. The van der Waals surface area contributed by atoms with Crippen LogP contribution in [0, 0.1) is 0 Å². The lowest BCUT2D eigenvalue weighted by molar-refractivity contribution is -0.130. The van der Waals surface area contributed by atoms with E-state index in [4.69, 9.17) is 9.47 Å². The molecule has 0 saturated heterocycles. The van der Waals surface area contributed by atoms with E-state index < -0.39 is 11.8 Å². The first-order valence-electron chi connectivity index (χ1n) is 9.47. The van der Waals surface area contributed by atoms with Crippen LogP contribution in [0.3, 0.4) is 0 Å². The van der Waals surface area contributed by atoms with Crippen molar-refractivity contribution in [2.75, 3.05) is 13.2 Å². The number of amides is 2. The molecule has 0 radical (unpaired) electrons. The Morgan fingerprint density at radius 2 is 1.63 bits per heavy atom. The van der Waals surface area contributed by atoms with Crippen molar-refractivity contribution in [3.63, 3.8) is 0 Å². The molecule has 0 unspecified atom stereocenters. The average Bonchev–Trinajstić information content (AvgIpc) is 2.76. The van der Waals surface area contributed by atoms with Gasteiger partial charge in [0.2, 0.25) is 5.91 Å². The highest BCUT2D eigenvalue weighted by atomic mass is 16.5. The lowest BCUT2D eigenvalue weighted by Crippen LogP contribution is -2.44. The van der Waals surface area contributed by atoms with Gasteiger partial charge in [0, 0.05) is 12.8 Å². The molecular weight excluding hydrogens is 388 g/mol. The van der Waals surface area contributed by atoms with E-state index in [9.17, 15) is 14.4 Å². The molecule has 0 aliphatic heterocycles. The first kappa shape index (κ1) is 20.8. The normalized spacial score (nSPS) is 10.4. The number of aromatic amines is 1. The van der Waals surface area contributed by atoms with Crippen LogP contribution in [0.5, 0.6) is 11.5 Å². The fraction of sp³-hybridized carbons (Fsp3) is 0.238. The molecule has 1 heterocycles. The fourth-order valence-corrected chi connectivity index (χ4v) is 2.71. The molecule has 3 rings (SSSR count). The zero-order valence-corrected chi connectivity index (χ0v) is 16.4. The first-order valence-corrected chi connectivity index (χ1v) is 9.47. The van der Waals surface area contributed by atoms with Gasteiger partial charge in [-0.1, -0.05) is 24.3 Å². The number of hydrogen-bond donors (Lipinski definition) is 3. The van der Waals surface area contributed by atoms with Crippen molar-refractivity contribution in [3.05, 3.63) is 64.7 Å². The molecule has 0 bridgehead atoms. The second-order valence-electron chi connectivity index (χ2n) is 6.29. The van der Waals surface area contributed by atoms with Crippen molar-refractivity contribution in [2.24, 2.45) is 0 Å². The fourth-order valence-electron chi connectivity index (χ4n) is 2.71. The summed E-state index contributed by atoms with van der Waals surface area (Å²) in [5.74, 6) is 0.428. The van der Waals surface area contributed by atoms with Crippen LogP contribution in [-0.4, -0.2) is 35.0 Å². The van der Waals surface area contributed by atoms with Gasteiger partial charge in [-0.25, -0.2) is 4.98 Å². The summed E-state index contributed by atoms with van der Waals surface area (Å²) >= 11 is 0. The van der Waals surface area contributed by atoms with Crippen LogP contribution in [0.15, 0.2) is 53.3 Å². The van der Waals surface area contributed by atoms with E-state index in [1.807, 2.05) is 6.92 Å². The van der Waals surface area contributed by atoms with Crippen molar-refractivity contribution >= 4 is 22.7 Å². The number of H-pyrrole nitrogens is 1. The van der Waals surface area contributed by atoms with Gasteiger partial charge in [0.25, 0.3) is 11.5 Å². The predicted octanol–water partition coefficient (Wildman–Crippen LogP) is 1.48. The molecule has 0 fully saturated rings. The van der Waals surface area contributed by atoms with Gasteiger partial charge in [0.05, 0.1) is 17.5 Å². The topological polar surface area (TPSA) is 122 Å². The first-order chi connectivity index (χ1) is 14.6. The summed E-state index contributed by atoms with van der Waals surface area (Å²) in [7, 11) is 0. The molecule has 30 heavy (non-hydrogen) atoms.